The molecule has 1 saturated carbocycles. The largest absolute Gasteiger partial charge is 0.454 e. The molecule has 3 N–H and O–H groups in total. The molecule has 0 atom stereocenters. The summed E-state index contributed by atoms with van der Waals surface area (Å²) in [5.74, 6) is 1.58. The monoisotopic (exact) mass is 435 g/mol. The second-order valence-corrected chi connectivity index (χ2v) is 9.25. The van der Waals surface area contributed by atoms with Crippen LogP contribution in [0, 0.1) is 0 Å². The minimum atomic E-state index is -3.76. The minimum absolute atomic E-state index is 0.219. The Hall–Kier alpha value is -3.59. The standard InChI is InChI=1S/C22H21N5O3S/c1-24-19-11-17(12-25-21(19)23)30-16-9-15-10-20(14-7-8-14)27(22(15)26-13-16)31(28,29)18-5-3-2-4-6-18/h2-6,9-14,24H,7-8H2,1H3,(H2,23,25). The summed E-state index contributed by atoms with van der Waals surface area (Å²) in [4.78, 5) is 8.81. The lowest BCUT2D eigenvalue weighted by Crippen LogP contribution is -2.15. The summed E-state index contributed by atoms with van der Waals surface area (Å²) < 4.78 is 34.1. The summed E-state index contributed by atoms with van der Waals surface area (Å²) in [6, 6.07) is 13.9. The van der Waals surface area contributed by atoms with Crippen LogP contribution in [0.5, 0.6) is 11.5 Å². The van der Waals surface area contributed by atoms with Crippen molar-refractivity contribution in [3.05, 3.63) is 66.6 Å². The van der Waals surface area contributed by atoms with Crippen LogP contribution in [-0.4, -0.2) is 29.4 Å². The molecule has 8 nitrogen and oxygen atoms in total. The molecule has 1 aromatic carbocycles. The Balaban J connectivity index is 1.58. The van der Waals surface area contributed by atoms with E-state index in [1.54, 1.807) is 49.5 Å². The first-order valence-corrected chi connectivity index (χ1v) is 11.3. The number of aromatic nitrogens is 3. The summed E-state index contributed by atoms with van der Waals surface area (Å²) in [6.45, 7) is 0. The molecule has 9 heteroatoms. The third-order valence-electron chi connectivity index (χ3n) is 5.28. The molecule has 0 amide bonds. The van der Waals surface area contributed by atoms with Gasteiger partial charge in [-0.05, 0) is 37.1 Å². The molecule has 0 aliphatic heterocycles. The molecule has 0 spiro atoms. The zero-order chi connectivity index (χ0) is 21.6. The van der Waals surface area contributed by atoms with Gasteiger partial charge < -0.3 is 15.8 Å². The van der Waals surface area contributed by atoms with Crippen LogP contribution in [0.1, 0.15) is 24.5 Å². The quantitative estimate of drug-likeness (QED) is 0.471. The highest BCUT2D eigenvalue weighted by molar-refractivity contribution is 7.90. The van der Waals surface area contributed by atoms with Crippen molar-refractivity contribution in [3.8, 4) is 11.5 Å². The van der Waals surface area contributed by atoms with Crippen LogP contribution < -0.4 is 15.8 Å². The zero-order valence-electron chi connectivity index (χ0n) is 16.8. The third-order valence-corrected chi connectivity index (χ3v) is 7.01. The number of ether oxygens (including phenoxy) is 1. The first kappa shape index (κ1) is 19.4. The van der Waals surface area contributed by atoms with Crippen LogP contribution in [0.15, 0.2) is 65.8 Å². The van der Waals surface area contributed by atoms with Crippen LogP contribution in [0.3, 0.4) is 0 Å². The second-order valence-electron chi connectivity index (χ2n) is 7.47. The van der Waals surface area contributed by atoms with Crippen molar-refractivity contribution in [2.75, 3.05) is 18.1 Å². The van der Waals surface area contributed by atoms with Crippen molar-refractivity contribution in [2.45, 2.75) is 23.7 Å². The molecule has 4 aromatic rings. The van der Waals surface area contributed by atoms with E-state index in [2.05, 4.69) is 15.3 Å². The zero-order valence-corrected chi connectivity index (χ0v) is 17.6. The Bertz CT molecular complexity index is 1380. The molecular formula is C22H21N5O3S. The number of anilines is 2. The Kier molecular flexibility index (Phi) is 4.55. The molecular weight excluding hydrogens is 414 g/mol. The van der Waals surface area contributed by atoms with Gasteiger partial charge in [0.15, 0.2) is 5.65 Å². The normalized spacial score (nSPS) is 14.0. The Labute approximate surface area is 179 Å². The van der Waals surface area contributed by atoms with Gasteiger partial charge in [-0.3, -0.25) is 0 Å². The number of hydrogen-bond donors (Lipinski definition) is 2. The predicted octanol–water partition coefficient (Wildman–Crippen LogP) is 3.96. The summed E-state index contributed by atoms with van der Waals surface area (Å²) in [5, 5.41) is 3.67. The van der Waals surface area contributed by atoms with E-state index in [0.717, 1.165) is 18.5 Å². The van der Waals surface area contributed by atoms with Gasteiger partial charge in [-0.15, -0.1) is 0 Å². The molecule has 31 heavy (non-hydrogen) atoms. The van der Waals surface area contributed by atoms with Crippen LogP contribution >= 0.6 is 0 Å². The van der Waals surface area contributed by atoms with Crippen LogP contribution in [0.2, 0.25) is 0 Å². The van der Waals surface area contributed by atoms with Gasteiger partial charge in [0.1, 0.15) is 17.3 Å². The number of nitrogen functional groups attached to an aromatic ring is 1. The van der Waals surface area contributed by atoms with E-state index in [9.17, 15) is 8.42 Å². The molecule has 1 fully saturated rings. The predicted molar refractivity (Wildman–Crippen MR) is 119 cm³/mol. The maximum atomic E-state index is 13.4. The molecule has 0 bridgehead atoms. The topological polar surface area (TPSA) is 112 Å². The van der Waals surface area contributed by atoms with Gasteiger partial charge >= 0.3 is 0 Å². The number of rotatable bonds is 6. The second kappa shape index (κ2) is 7.28. The molecule has 158 valence electrons. The van der Waals surface area contributed by atoms with E-state index in [1.165, 1.54) is 16.4 Å². The van der Waals surface area contributed by atoms with Gasteiger partial charge in [-0.1, -0.05) is 18.2 Å². The van der Waals surface area contributed by atoms with Gasteiger partial charge in [0, 0.05) is 30.1 Å². The van der Waals surface area contributed by atoms with E-state index >= 15 is 0 Å². The summed E-state index contributed by atoms with van der Waals surface area (Å²) >= 11 is 0. The fourth-order valence-corrected chi connectivity index (χ4v) is 5.16. The summed E-state index contributed by atoms with van der Waals surface area (Å²) in [6.07, 6.45) is 4.98. The first-order chi connectivity index (χ1) is 15.0. The average molecular weight is 436 g/mol. The molecule has 1 aliphatic rings. The van der Waals surface area contributed by atoms with Crippen LogP contribution in [-0.2, 0) is 10.0 Å². The Morgan fingerprint density at radius 3 is 2.48 bits per heavy atom. The lowest BCUT2D eigenvalue weighted by molar-refractivity contribution is 0.479. The van der Waals surface area contributed by atoms with Crippen molar-refractivity contribution >= 4 is 32.6 Å². The fraction of sp³-hybridized carbons (Fsp3) is 0.182. The molecule has 1 aliphatic carbocycles. The number of nitrogens with two attached hydrogens (primary N) is 1. The third kappa shape index (κ3) is 3.46. The number of benzene rings is 1. The molecule has 0 unspecified atom stereocenters. The van der Waals surface area contributed by atoms with Crippen molar-refractivity contribution in [1.29, 1.82) is 0 Å². The van der Waals surface area contributed by atoms with E-state index in [4.69, 9.17) is 10.5 Å². The van der Waals surface area contributed by atoms with Gasteiger partial charge in [-0.2, -0.15) is 0 Å². The molecule has 3 aromatic heterocycles. The minimum Gasteiger partial charge on any atom is -0.454 e. The average Bonchev–Trinajstić information content (AvgIpc) is 3.55. The van der Waals surface area contributed by atoms with Crippen molar-refractivity contribution < 1.29 is 13.2 Å². The van der Waals surface area contributed by atoms with E-state index in [0.29, 0.717) is 34.0 Å². The SMILES string of the molecule is CNc1cc(Oc2cnc3c(c2)cc(C2CC2)n3S(=O)(=O)c2ccccc2)cnc1N. The molecule has 0 radical (unpaired) electrons. The Morgan fingerprint density at radius 1 is 1.06 bits per heavy atom. The molecule has 3 heterocycles. The highest BCUT2D eigenvalue weighted by Gasteiger charge is 2.33. The fourth-order valence-electron chi connectivity index (χ4n) is 3.59. The molecule has 0 saturated heterocycles. The van der Waals surface area contributed by atoms with Crippen LogP contribution in [0.25, 0.3) is 11.0 Å². The lowest BCUT2D eigenvalue weighted by Gasteiger charge is -2.11. The maximum Gasteiger partial charge on any atom is 0.269 e. The van der Waals surface area contributed by atoms with Crippen molar-refractivity contribution in [3.63, 3.8) is 0 Å². The van der Waals surface area contributed by atoms with E-state index in [-0.39, 0.29) is 10.8 Å². The van der Waals surface area contributed by atoms with Crippen molar-refractivity contribution in [2.24, 2.45) is 0 Å². The van der Waals surface area contributed by atoms with Gasteiger partial charge in [-0.25, -0.2) is 22.4 Å². The first-order valence-electron chi connectivity index (χ1n) is 9.90. The highest BCUT2D eigenvalue weighted by Crippen LogP contribution is 2.43. The summed E-state index contributed by atoms with van der Waals surface area (Å²) in [5.41, 5.74) is 7.62. The van der Waals surface area contributed by atoms with Gasteiger partial charge in [0.2, 0.25) is 0 Å². The number of pyridine rings is 2. The van der Waals surface area contributed by atoms with Crippen molar-refractivity contribution in [1.82, 2.24) is 13.9 Å². The number of fused-ring (bicyclic) bond motifs is 1. The highest BCUT2D eigenvalue weighted by atomic mass is 32.2. The molecule has 5 rings (SSSR count). The maximum absolute atomic E-state index is 13.4. The Morgan fingerprint density at radius 2 is 1.77 bits per heavy atom. The van der Waals surface area contributed by atoms with Gasteiger partial charge in [0.05, 0.1) is 23.0 Å². The van der Waals surface area contributed by atoms with E-state index < -0.39 is 10.0 Å². The lowest BCUT2D eigenvalue weighted by atomic mass is 10.2. The number of hydrogen-bond acceptors (Lipinski definition) is 7. The number of nitrogens with one attached hydrogen (secondary N) is 1. The smallest absolute Gasteiger partial charge is 0.269 e. The van der Waals surface area contributed by atoms with Crippen LogP contribution in [0.4, 0.5) is 11.5 Å². The number of nitrogens with zero attached hydrogens (tertiary/aromatic N) is 3. The van der Waals surface area contributed by atoms with E-state index in [1.807, 2.05) is 6.07 Å². The summed E-state index contributed by atoms with van der Waals surface area (Å²) in [7, 11) is -2.01. The van der Waals surface area contributed by atoms with Gasteiger partial charge in [0.25, 0.3) is 10.0 Å².